The van der Waals surface area contributed by atoms with Crippen LogP contribution in [0.4, 0.5) is 0 Å². The van der Waals surface area contributed by atoms with Crippen molar-refractivity contribution in [1.82, 2.24) is 0 Å². The molecule has 0 aromatic rings. The third-order valence-corrected chi connectivity index (χ3v) is 1.98. The van der Waals surface area contributed by atoms with E-state index in [-0.39, 0.29) is 5.78 Å². The Bertz CT molecular complexity index is 220. The van der Waals surface area contributed by atoms with Crippen molar-refractivity contribution >= 4 is 11.8 Å². The molecule has 1 rings (SSSR count). The second-order valence-electron chi connectivity index (χ2n) is 2.81. The van der Waals surface area contributed by atoms with Crippen LogP contribution in [0.2, 0.25) is 0 Å². The third-order valence-electron chi connectivity index (χ3n) is 1.98. The predicted octanol–water partition coefficient (Wildman–Crippen LogP) is 1.08. The summed E-state index contributed by atoms with van der Waals surface area (Å²) in [5, 5.41) is 0. The quantitative estimate of drug-likeness (QED) is 0.360. The van der Waals surface area contributed by atoms with Crippen LogP contribution in [0.1, 0.15) is 19.8 Å². The molecule has 1 unspecified atom stereocenters. The van der Waals surface area contributed by atoms with Crippen molar-refractivity contribution in [3.63, 3.8) is 0 Å². The summed E-state index contributed by atoms with van der Waals surface area (Å²) >= 11 is 0. The predicted molar refractivity (Wildman–Crippen MR) is 43.5 cm³/mol. The number of carbonyl (C=O) groups is 2. The van der Waals surface area contributed by atoms with Gasteiger partial charge in [0.1, 0.15) is 5.92 Å². The Morgan fingerprint density at radius 2 is 2.25 bits per heavy atom. The summed E-state index contributed by atoms with van der Waals surface area (Å²) < 4.78 is 4.85. The van der Waals surface area contributed by atoms with Crippen LogP contribution >= 0.6 is 0 Å². The van der Waals surface area contributed by atoms with E-state index in [1.165, 1.54) is 0 Å². The average molecular weight is 168 g/mol. The largest absolute Gasteiger partial charge is 0.454 e. The normalized spacial score (nSPS) is 28.8. The van der Waals surface area contributed by atoms with Gasteiger partial charge >= 0.3 is 5.97 Å². The monoisotopic (exact) mass is 168 g/mol. The summed E-state index contributed by atoms with van der Waals surface area (Å²) in [6, 6.07) is 0. The van der Waals surface area contributed by atoms with E-state index >= 15 is 0 Å². The molecule has 0 aromatic heterocycles. The Kier molecular flexibility index (Phi) is 2.63. The highest BCUT2D eigenvalue weighted by molar-refractivity contribution is 6.06. The van der Waals surface area contributed by atoms with Crippen LogP contribution in [0.15, 0.2) is 12.7 Å². The van der Waals surface area contributed by atoms with Crippen LogP contribution in [-0.2, 0) is 14.3 Å². The summed E-state index contributed by atoms with van der Waals surface area (Å²) in [7, 11) is 0. The number of carbonyl (C=O) groups excluding carboxylic acids is 2. The molecule has 3 heteroatoms. The van der Waals surface area contributed by atoms with Crippen LogP contribution in [0.3, 0.4) is 0 Å². The van der Waals surface area contributed by atoms with Gasteiger partial charge in [0, 0.05) is 0 Å². The Morgan fingerprint density at radius 3 is 2.67 bits per heavy atom. The Hall–Kier alpha value is -1.12. The third kappa shape index (κ3) is 1.40. The molecule has 1 aliphatic rings. The lowest BCUT2D eigenvalue weighted by Gasteiger charge is -2.01. The van der Waals surface area contributed by atoms with Gasteiger partial charge in [-0.25, -0.2) is 0 Å². The van der Waals surface area contributed by atoms with Gasteiger partial charge in [-0.3, -0.25) is 9.59 Å². The van der Waals surface area contributed by atoms with Gasteiger partial charge in [-0.15, -0.1) is 6.58 Å². The van der Waals surface area contributed by atoms with E-state index in [9.17, 15) is 9.59 Å². The van der Waals surface area contributed by atoms with Gasteiger partial charge in [0.15, 0.2) is 11.9 Å². The van der Waals surface area contributed by atoms with Crippen molar-refractivity contribution in [2.45, 2.75) is 25.9 Å². The summed E-state index contributed by atoms with van der Waals surface area (Å²) in [4.78, 5) is 22.4. The second kappa shape index (κ2) is 3.52. The zero-order chi connectivity index (χ0) is 9.14. The van der Waals surface area contributed by atoms with E-state index in [4.69, 9.17) is 4.74 Å². The molecule has 1 fully saturated rings. The number of cyclic esters (lactones) is 1. The van der Waals surface area contributed by atoms with Gasteiger partial charge in [-0.2, -0.15) is 0 Å². The number of esters is 1. The SMILES string of the molecule is C=CCC1C(=O)O[C@@H](CC)C1=O. The molecule has 2 atom stereocenters. The zero-order valence-corrected chi connectivity index (χ0v) is 7.08. The highest BCUT2D eigenvalue weighted by Crippen LogP contribution is 2.22. The van der Waals surface area contributed by atoms with Crippen molar-refractivity contribution in [1.29, 1.82) is 0 Å². The molecular weight excluding hydrogens is 156 g/mol. The van der Waals surface area contributed by atoms with E-state index in [1.807, 2.05) is 6.92 Å². The molecule has 1 aliphatic heterocycles. The van der Waals surface area contributed by atoms with Crippen molar-refractivity contribution < 1.29 is 14.3 Å². The summed E-state index contributed by atoms with van der Waals surface area (Å²) in [5.41, 5.74) is 0. The van der Waals surface area contributed by atoms with Crippen molar-refractivity contribution in [2.24, 2.45) is 5.92 Å². The molecule has 0 saturated carbocycles. The van der Waals surface area contributed by atoms with Gasteiger partial charge in [-0.05, 0) is 12.8 Å². The lowest BCUT2D eigenvalue weighted by Crippen LogP contribution is -2.19. The van der Waals surface area contributed by atoms with Gasteiger partial charge in [0.05, 0.1) is 0 Å². The highest BCUT2D eigenvalue weighted by atomic mass is 16.6. The lowest BCUT2D eigenvalue weighted by molar-refractivity contribution is -0.144. The molecule has 1 saturated heterocycles. The fourth-order valence-corrected chi connectivity index (χ4v) is 1.28. The Morgan fingerprint density at radius 1 is 1.58 bits per heavy atom. The second-order valence-corrected chi connectivity index (χ2v) is 2.81. The molecular formula is C9H12O3. The van der Waals surface area contributed by atoms with Gasteiger partial charge < -0.3 is 4.74 Å². The number of Topliss-reactive ketones (excluding diaryl/α,β-unsaturated/α-hetero) is 1. The minimum Gasteiger partial charge on any atom is -0.454 e. The smallest absolute Gasteiger partial charge is 0.317 e. The van der Waals surface area contributed by atoms with E-state index in [2.05, 4.69) is 6.58 Å². The minimum atomic E-state index is -0.590. The number of allylic oxidation sites excluding steroid dienone is 1. The Labute approximate surface area is 71.4 Å². The van der Waals surface area contributed by atoms with Gasteiger partial charge in [0.25, 0.3) is 0 Å². The molecule has 66 valence electrons. The maximum atomic E-state index is 11.3. The standard InChI is InChI=1S/C9H12O3/c1-3-5-6-8(10)7(4-2)12-9(6)11/h3,6-7H,1,4-5H2,2H3/t6?,7-/m0/s1. The molecule has 12 heavy (non-hydrogen) atoms. The fourth-order valence-electron chi connectivity index (χ4n) is 1.28. The topological polar surface area (TPSA) is 43.4 Å². The number of hydrogen-bond acceptors (Lipinski definition) is 3. The first kappa shape index (κ1) is 8.97. The molecule has 0 radical (unpaired) electrons. The number of ether oxygens (including phenoxy) is 1. The zero-order valence-electron chi connectivity index (χ0n) is 7.08. The maximum Gasteiger partial charge on any atom is 0.317 e. The van der Waals surface area contributed by atoms with Crippen LogP contribution in [-0.4, -0.2) is 17.9 Å². The van der Waals surface area contributed by atoms with Gasteiger partial charge in [-0.1, -0.05) is 13.0 Å². The van der Waals surface area contributed by atoms with Crippen molar-refractivity contribution in [3.05, 3.63) is 12.7 Å². The fraction of sp³-hybridized carbons (Fsp3) is 0.556. The first-order chi connectivity index (χ1) is 5.70. The van der Waals surface area contributed by atoms with Crippen LogP contribution in [0.5, 0.6) is 0 Å². The summed E-state index contributed by atoms with van der Waals surface area (Å²) in [6.45, 7) is 5.31. The van der Waals surface area contributed by atoms with Crippen molar-refractivity contribution in [3.8, 4) is 0 Å². The van der Waals surface area contributed by atoms with E-state index in [1.54, 1.807) is 6.08 Å². The summed E-state index contributed by atoms with van der Waals surface area (Å²) in [5.74, 6) is -1.08. The van der Waals surface area contributed by atoms with Crippen LogP contribution in [0.25, 0.3) is 0 Å². The number of hydrogen-bond donors (Lipinski definition) is 0. The first-order valence-corrected chi connectivity index (χ1v) is 4.05. The molecule has 1 heterocycles. The minimum absolute atomic E-state index is 0.0950. The molecule has 0 aliphatic carbocycles. The lowest BCUT2D eigenvalue weighted by atomic mass is 9.99. The molecule has 3 nitrogen and oxygen atoms in total. The molecule has 0 bridgehead atoms. The molecule has 0 N–H and O–H groups in total. The van der Waals surface area contributed by atoms with Crippen LogP contribution in [0, 0.1) is 5.92 Å². The number of rotatable bonds is 3. The highest BCUT2D eigenvalue weighted by Gasteiger charge is 2.41. The maximum absolute atomic E-state index is 11.3. The summed E-state index contributed by atoms with van der Waals surface area (Å²) in [6.07, 6.45) is 2.02. The van der Waals surface area contributed by atoms with Gasteiger partial charge in [0.2, 0.25) is 0 Å². The van der Waals surface area contributed by atoms with E-state index in [0.717, 1.165) is 0 Å². The van der Waals surface area contributed by atoms with E-state index in [0.29, 0.717) is 12.8 Å². The molecule has 0 spiro atoms. The Balaban J connectivity index is 2.70. The average Bonchev–Trinajstić information content (AvgIpc) is 2.32. The van der Waals surface area contributed by atoms with E-state index < -0.39 is 18.0 Å². The molecule has 0 aromatic carbocycles. The number of ketones is 1. The van der Waals surface area contributed by atoms with Crippen LogP contribution < -0.4 is 0 Å². The molecule has 0 amide bonds. The van der Waals surface area contributed by atoms with Crippen molar-refractivity contribution in [2.75, 3.05) is 0 Å². The first-order valence-electron chi connectivity index (χ1n) is 4.05.